The van der Waals surface area contributed by atoms with Gasteiger partial charge in [-0.15, -0.1) is 0 Å². The first-order valence-corrected chi connectivity index (χ1v) is 13.0. The molecule has 2 aromatic carbocycles. The Morgan fingerprint density at radius 1 is 1.15 bits per heavy atom. The molecule has 1 fully saturated rings. The molecule has 2 heterocycles. The molecule has 1 saturated heterocycles. The summed E-state index contributed by atoms with van der Waals surface area (Å²) in [6.07, 6.45) is 1.51. The number of benzene rings is 2. The van der Waals surface area contributed by atoms with Crippen molar-refractivity contribution in [3.05, 3.63) is 53.9 Å². The molecule has 1 aliphatic heterocycles. The number of rotatable bonds is 8. The molecule has 0 saturated carbocycles. The molecule has 1 aromatic heterocycles. The van der Waals surface area contributed by atoms with E-state index >= 15 is 0 Å². The minimum atomic E-state index is -3.60. The maximum atomic E-state index is 13.3. The summed E-state index contributed by atoms with van der Waals surface area (Å²) in [5.74, 6) is 2.29. The molecule has 34 heavy (non-hydrogen) atoms. The van der Waals surface area contributed by atoms with Crippen LogP contribution in [0.5, 0.6) is 11.5 Å². The summed E-state index contributed by atoms with van der Waals surface area (Å²) in [5.41, 5.74) is 1.85. The van der Waals surface area contributed by atoms with E-state index in [1.54, 1.807) is 25.3 Å². The van der Waals surface area contributed by atoms with Gasteiger partial charge in [-0.3, -0.25) is 0 Å². The third-order valence-corrected chi connectivity index (χ3v) is 7.96. The zero-order valence-corrected chi connectivity index (χ0v) is 20.8. The van der Waals surface area contributed by atoms with Gasteiger partial charge in [0.25, 0.3) is 0 Å². The van der Waals surface area contributed by atoms with Crippen molar-refractivity contribution < 1.29 is 22.4 Å². The summed E-state index contributed by atoms with van der Waals surface area (Å²) in [6.45, 7) is 7.39. The lowest BCUT2D eigenvalue weighted by Gasteiger charge is -2.30. The van der Waals surface area contributed by atoms with Gasteiger partial charge in [0.05, 0.1) is 24.5 Å². The van der Waals surface area contributed by atoms with Crippen LogP contribution in [0.15, 0.2) is 51.9 Å². The van der Waals surface area contributed by atoms with Gasteiger partial charge in [0.2, 0.25) is 21.7 Å². The normalized spacial score (nSPS) is 17.1. The largest absolute Gasteiger partial charge is 0.493 e. The Balaban J connectivity index is 1.52. The lowest BCUT2D eigenvalue weighted by Crippen LogP contribution is -2.39. The average molecular weight is 486 g/mol. The van der Waals surface area contributed by atoms with E-state index in [-0.39, 0.29) is 5.92 Å². The van der Waals surface area contributed by atoms with Crippen LogP contribution in [-0.4, -0.2) is 49.7 Å². The number of hydrogen-bond donors (Lipinski definition) is 0. The molecule has 9 heteroatoms. The van der Waals surface area contributed by atoms with Gasteiger partial charge in [0.15, 0.2) is 11.5 Å². The van der Waals surface area contributed by atoms with Crippen LogP contribution in [0, 0.1) is 0 Å². The molecule has 4 rings (SSSR count). The molecule has 0 aliphatic carbocycles. The predicted molar refractivity (Wildman–Crippen MR) is 129 cm³/mol. The Bertz CT molecular complexity index is 1220. The number of aromatic nitrogens is 2. The van der Waals surface area contributed by atoms with Gasteiger partial charge < -0.3 is 14.0 Å². The van der Waals surface area contributed by atoms with Gasteiger partial charge in [-0.2, -0.15) is 9.29 Å². The molecule has 1 atom stereocenters. The monoisotopic (exact) mass is 485 g/mol. The van der Waals surface area contributed by atoms with Crippen molar-refractivity contribution in [1.29, 1.82) is 0 Å². The Morgan fingerprint density at radius 2 is 1.91 bits per heavy atom. The molecule has 0 radical (unpaired) electrons. The van der Waals surface area contributed by atoms with Gasteiger partial charge in [0.1, 0.15) is 0 Å². The van der Waals surface area contributed by atoms with Crippen LogP contribution in [0.2, 0.25) is 0 Å². The van der Waals surface area contributed by atoms with Gasteiger partial charge in [-0.05, 0) is 61.6 Å². The van der Waals surface area contributed by atoms with E-state index in [4.69, 9.17) is 14.0 Å². The second-order valence-corrected chi connectivity index (χ2v) is 10.6. The summed E-state index contributed by atoms with van der Waals surface area (Å²) in [4.78, 5) is 4.89. The Morgan fingerprint density at radius 3 is 2.59 bits per heavy atom. The summed E-state index contributed by atoms with van der Waals surface area (Å²) in [7, 11) is -2.02. The van der Waals surface area contributed by atoms with Crippen LogP contribution < -0.4 is 9.47 Å². The van der Waals surface area contributed by atoms with E-state index in [1.807, 2.05) is 31.2 Å². The van der Waals surface area contributed by atoms with Crippen molar-refractivity contribution in [2.24, 2.45) is 0 Å². The van der Waals surface area contributed by atoms with Gasteiger partial charge in [-0.1, -0.05) is 31.1 Å². The third kappa shape index (κ3) is 4.95. The Hall–Kier alpha value is -2.91. The van der Waals surface area contributed by atoms with Crippen LogP contribution in [0.4, 0.5) is 0 Å². The fraction of sp³-hybridized carbons (Fsp3) is 0.440. The van der Waals surface area contributed by atoms with Crippen molar-refractivity contribution in [2.45, 2.75) is 50.3 Å². The number of hydrogen-bond acceptors (Lipinski definition) is 7. The fourth-order valence-corrected chi connectivity index (χ4v) is 5.66. The molecule has 0 bridgehead atoms. The van der Waals surface area contributed by atoms with Crippen LogP contribution in [-0.2, 0) is 10.0 Å². The number of sulfonamides is 1. The lowest BCUT2D eigenvalue weighted by atomic mass is 10.00. The smallest absolute Gasteiger partial charge is 0.243 e. The number of methoxy groups -OCH3 is 1. The predicted octanol–water partition coefficient (Wildman–Crippen LogP) is 4.84. The molecule has 0 N–H and O–H groups in total. The Labute approximate surface area is 200 Å². The molecular weight excluding hydrogens is 454 g/mol. The van der Waals surface area contributed by atoms with E-state index in [1.165, 1.54) is 4.31 Å². The molecule has 8 nitrogen and oxygen atoms in total. The van der Waals surface area contributed by atoms with Crippen LogP contribution in [0.3, 0.4) is 0 Å². The fourth-order valence-electron chi connectivity index (χ4n) is 4.14. The minimum Gasteiger partial charge on any atom is -0.493 e. The number of ether oxygens (including phenoxy) is 2. The van der Waals surface area contributed by atoms with E-state index in [9.17, 15) is 8.42 Å². The highest BCUT2D eigenvalue weighted by Gasteiger charge is 2.33. The SMILES string of the molecule is CCOc1ccc(-c2noc(C3CCCN(S(=O)(=O)c4ccc(C(C)C)cc4)C3)n2)cc1OC. The molecular formula is C25H31N3O5S. The maximum absolute atomic E-state index is 13.3. The maximum Gasteiger partial charge on any atom is 0.243 e. The van der Waals surface area contributed by atoms with Crippen molar-refractivity contribution in [2.75, 3.05) is 26.8 Å². The van der Waals surface area contributed by atoms with Crippen molar-refractivity contribution in [3.8, 4) is 22.9 Å². The minimum absolute atomic E-state index is 0.163. The molecule has 1 unspecified atom stereocenters. The second-order valence-electron chi connectivity index (χ2n) is 8.68. The summed E-state index contributed by atoms with van der Waals surface area (Å²) in [6, 6.07) is 12.6. The zero-order chi connectivity index (χ0) is 24.3. The van der Waals surface area contributed by atoms with Gasteiger partial charge >= 0.3 is 0 Å². The molecule has 182 valence electrons. The van der Waals surface area contributed by atoms with E-state index in [0.29, 0.717) is 53.7 Å². The lowest BCUT2D eigenvalue weighted by molar-refractivity contribution is 0.265. The van der Waals surface area contributed by atoms with E-state index in [2.05, 4.69) is 24.0 Å². The van der Waals surface area contributed by atoms with Gasteiger partial charge in [0, 0.05) is 18.7 Å². The third-order valence-electron chi connectivity index (χ3n) is 6.08. The van der Waals surface area contributed by atoms with Crippen molar-refractivity contribution >= 4 is 10.0 Å². The standard InChI is InChI=1S/C25H31N3O5S/c1-5-32-22-13-10-19(15-23(22)31-4)24-26-25(33-27-24)20-7-6-14-28(16-20)34(29,30)21-11-8-18(9-12-21)17(2)3/h8-13,15,17,20H,5-7,14,16H2,1-4H3. The molecule has 0 spiro atoms. The van der Waals surface area contributed by atoms with E-state index in [0.717, 1.165) is 24.0 Å². The molecule has 0 amide bonds. The summed E-state index contributed by atoms with van der Waals surface area (Å²) in [5, 5.41) is 4.13. The Kier molecular flexibility index (Phi) is 7.23. The van der Waals surface area contributed by atoms with Crippen molar-refractivity contribution in [1.82, 2.24) is 14.4 Å². The topological polar surface area (TPSA) is 94.8 Å². The first-order chi connectivity index (χ1) is 16.3. The van der Waals surface area contributed by atoms with E-state index < -0.39 is 10.0 Å². The molecule has 1 aliphatic rings. The first-order valence-electron chi connectivity index (χ1n) is 11.6. The number of piperidine rings is 1. The van der Waals surface area contributed by atoms with Crippen LogP contribution >= 0.6 is 0 Å². The average Bonchev–Trinajstić information content (AvgIpc) is 3.35. The zero-order valence-electron chi connectivity index (χ0n) is 20.0. The highest BCUT2D eigenvalue weighted by Crippen LogP contribution is 2.34. The highest BCUT2D eigenvalue weighted by molar-refractivity contribution is 7.89. The summed E-state index contributed by atoms with van der Waals surface area (Å²) < 4.78 is 44.6. The second kappa shape index (κ2) is 10.1. The molecule has 3 aromatic rings. The summed E-state index contributed by atoms with van der Waals surface area (Å²) >= 11 is 0. The quantitative estimate of drug-likeness (QED) is 0.451. The highest BCUT2D eigenvalue weighted by atomic mass is 32.2. The number of nitrogens with zero attached hydrogens (tertiary/aromatic N) is 3. The van der Waals surface area contributed by atoms with Crippen LogP contribution in [0.25, 0.3) is 11.4 Å². The first kappa shape index (κ1) is 24.2. The van der Waals surface area contributed by atoms with Crippen LogP contribution in [0.1, 0.15) is 56.9 Å². The van der Waals surface area contributed by atoms with Crippen molar-refractivity contribution in [3.63, 3.8) is 0 Å². The van der Waals surface area contributed by atoms with Gasteiger partial charge in [-0.25, -0.2) is 8.42 Å².